The van der Waals surface area contributed by atoms with E-state index in [1.807, 2.05) is 48.7 Å². The maximum atomic E-state index is 13.5. The Morgan fingerprint density at radius 1 is 1.06 bits per heavy atom. The van der Waals surface area contributed by atoms with Crippen molar-refractivity contribution in [2.75, 3.05) is 18.4 Å². The number of nitrogens with one attached hydrogen (secondary N) is 2. The van der Waals surface area contributed by atoms with Crippen LogP contribution in [0.2, 0.25) is 0 Å². The van der Waals surface area contributed by atoms with E-state index in [0.717, 1.165) is 36.1 Å². The Morgan fingerprint density at radius 3 is 2.53 bits per heavy atom. The van der Waals surface area contributed by atoms with Crippen LogP contribution in [0.5, 0.6) is 0 Å². The predicted octanol–water partition coefficient (Wildman–Crippen LogP) is 3.08. The molecule has 2 aromatic rings. The number of hydrogen-bond donors (Lipinski definition) is 3. The van der Waals surface area contributed by atoms with Gasteiger partial charge in [0.25, 0.3) is 5.91 Å². The number of carbonyl (C=O) groups excluding carboxylic acids is 3. The molecule has 1 aromatic carbocycles. The van der Waals surface area contributed by atoms with Crippen LogP contribution in [0.25, 0.3) is 0 Å². The van der Waals surface area contributed by atoms with Gasteiger partial charge in [-0.25, -0.2) is 4.79 Å². The SMILES string of the molecule is Cc1cccc(NC(=O)N2CCCN(C(=O)Cc3cccs3)C2C(=O)NC2CCC(N)CC2)c1. The Labute approximate surface area is 204 Å². The van der Waals surface area contributed by atoms with Crippen molar-refractivity contribution in [1.82, 2.24) is 15.1 Å². The molecule has 1 saturated carbocycles. The third-order valence-electron chi connectivity index (χ3n) is 6.50. The third-order valence-corrected chi connectivity index (χ3v) is 7.37. The first-order valence-corrected chi connectivity index (χ1v) is 12.8. The number of nitrogens with zero attached hydrogens (tertiary/aromatic N) is 2. The molecule has 9 heteroatoms. The number of nitrogens with two attached hydrogens (primary N) is 1. The largest absolute Gasteiger partial charge is 0.350 e. The molecule has 1 unspecified atom stereocenters. The van der Waals surface area contributed by atoms with Crippen molar-refractivity contribution < 1.29 is 14.4 Å². The normalized spacial score (nSPS) is 22.8. The molecule has 0 spiro atoms. The van der Waals surface area contributed by atoms with Crippen LogP contribution in [0, 0.1) is 6.92 Å². The van der Waals surface area contributed by atoms with Crippen LogP contribution in [0.15, 0.2) is 41.8 Å². The van der Waals surface area contributed by atoms with Gasteiger partial charge < -0.3 is 21.3 Å². The van der Waals surface area contributed by atoms with Crippen molar-refractivity contribution in [3.05, 3.63) is 52.2 Å². The van der Waals surface area contributed by atoms with Crippen LogP contribution in [-0.4, -0.2) is 59.0 Å². The van der Waals surface area contributed by atoms with Gasteiger partial charge in [0.1, 0.15) is 0 Å². The summed E-state index contributed by atoms with van der Waals surface area (Å²) in [5.74, 6) is -0.458. The van der Waals surface area contributed by atoms with E-state index < -0.39 is 6.17 Å². The minimum absolute atomic E-state index is 0.00478. The Bertz CT molecular complexity index is 1000. The summed E-state index contributed by atoms with van der Waals surface area (Å²) in [6.45, 7) is 2.79. The molecule has 0 radical (unpaired) electrons. The van der Waals surface area contributed by atoms with Crippen LogP contribution < -0.4 is 16.4 Å². The Kier molecular flexibility index (Phi) is 7.84. The fourth-order valence-corrected chi connectivity index (χ4v) is 5.40. The fraction of sp³-hybridized carbons (Fsp3) is 0.480. The van der Waals surface area contributed by atoms with Crippen LogP contribution in [-0.2, 0) is 16.0 Å². The maximum absolute atomic E-state index is 13.5. The lowest BCUT2D eigenvalue weighted by atomic mass is 9.91. The standard InChI is InChI=1S/C25H33N5O3S/c1-17-5-2-6-20(15-17)28-25(33)30-13-4-12-29(22(31)16-21-7-3-14-34-21)24(30)23(32)27-19-10-8-18(26)9-11-19/h2-3,5-7,14-15,18-19,24H,4,8-13,16,26H2,1H3,(H,27,32)(H,28,33). The van der Waals surface area contributed by atoms with Gasteiger partial charge in [-0.1, -0.05) is 18.2 Å². The zero-order valence-corrected chi connectivity index (χ0v) is 20.4. The van der Waals surface area contributed by atoms with Crippen molar-refractivity contribution in [2.45, 2.75) is 63.7 Å². The van der Waals surface area contributed by atoms with E-state index in [2.05, 4.69) is 10.6 Å². The van der Waals surface area contributed by atoms with Gasteiger partial charge in [0.2, 0.25) is 5.91 Å². The summed E-state index contributed by atoms with van der Waals surface area (Å²) in [6.07, 6.45) is 3.16. The molecule has 2 fully saturated rings. The summed E-state index contributed by atoms with van der Waals surface area (Å²) >= 11 is 1.51. The van der Waals surface area contributed by atoms with E-state index in [-0.39, 0.29) is 36.3 Å². The summed E-state index contributed by atoms with van der Waals surface area (Å²) in [6, 6.07) is 11.1. The summed E-state index contributed by atoms with van der Waals surface area (Å²) in [5, 5.41) is 7.94. The Balaban J connectivity index is 1.54. The highest BCUT2D eigenvalue weighted by molar-refractivity contribution is 7.10. The highest BCUT2D eigenvalue weighted by atomic mass is 32.1. The van der Waals surface area contributed by atoms with Gasteiger partial charge in [0, 0.05) is 35.7 Å². The van der Waals surface area contributed by atoms with Crippen LogP contribution in [0.1, 0.15) is 42.5 Å². The number of thiophene rings is 1. The van der Waals surface area contributed by atoms with Gasteiger partial charge in [0.15, 0.2) is 6.17 Å². The van der Waals surface area contributed by atoms with E-state index in [1.165, 1.54) is 16.2 Å². The molecule has 1 saturated heterocycles. The zero-order chi connectivity index (χ0) is 24.1. The molecule has 4 N–H and O–H groups in total. The molecule has 1 aromatic heterocycles. The second-order valence-corrected chi connectivity index (χ2v) is 10.2. The monoisotopic (exact) mass is 483 g/mol. The topological polar surface area (TPSA) is 108 Å². The van der Waals surface area contributed by atoms with E-state index in [0.29, 0.717) is 25.2 Å². The highest BCUT2D eigenvalue weighted by Gasteiger charge is 2.41. The molecule has 34 heavy (non-hydrogen) atoms. The van der Waals surface area contributed by atoms with Gasteiger partial charge in [-0.3, -0.25) is 14.5 Å². The van der Waals surface area contributed by atoms with Crippen molar-refractivity contribution in [1.29, 1.82) is 0 Å². The number of amides is 4. The number of benzene rings is 1. The summed E-state index contributed by atoms with van der Waals surface area (Å²) < 4.78 is 0. The molecule has 2 heterocycles. The second-order valence-electron chi connectivity index (χ2n) is 9.18. The average molecular weight is 484 g/mol. The number of aryl methyl sites for hydroxylation is 1. The van der Waals surface area contributed by atoms with Crippen LogP contribution in [0.4, 0.5) is 10.5 Å². The molecule has 1 aliphatic carbocycles. The number of hydrogen-bond acceptors (Lipinski definition) is 5. The molecule has 2 aliphatic rings. The van der Waals surface area contributed by atoms with Crippen LogP contribution >= 0.6 is 11.3 Å². The molecular weight excluding hydrogens is 450 g/mol. The minimum atomic E-state index is -0.985. The number of urea groups is 1. The fourth-order valence-electron chi connectivity index (χ4n) is 4.70. The number of anilines is 1. The molecule has 1 atom stereocenters. The summed E-state index contributed by atoms with van der Waals surface area (Å²) in [5.41, 5.74) is 7.70. The first-order chi connectivity index (χ1) is 16.4. The van der Waals surface area contributed by atoms with Crippen molar-refractivity contribution in [2.24, 2.45) is 5.73 Å². The first kappa shape index (κ1) is 24.2. The van der Waals surface area contributed by atoms with Gasteiger partial charge >= 0.3 is 6.03 Å². The third kappa shape index (κ3) is 5.95. The molecule has 1 aliphatic heterocycles. The Hall–Kier alpha value is -2.91. The molecule has 4 amide bonds. The molecule has 8 nitrogen and oxygen atoms in total. The quantitative estimate of drug-likeness (QED) is 0.607. The number of carbonyl (C=O) groups is 3. The van der Waals surface area contributed by atoms with E-state index in [9.17, 15) is 14.4 Å². The Morgan fingerprint density at radius 2 is 1.82 bits per heavy atom. The minimum Gasteiger partial charge on any atom is -0.350 e. The van der Waals surface area contributed by atoms with Gasteiger partial charge in [0.05, 0.1) is 6.42 Å². The van der Waals surface area contributed by atoms with Crippen LogP contribution in [0.3, 0.4) is 0 Å². The maximum Gasteiger partial charge on any atom is 0.323 e. The highest BCUT2D eigenvalue weighted by Crippen LogP contribution is 2.22. The van der Waals surface area contributed by atoms with Crippen molar-refractivity contribution in [3.8, 4) is 0 Å². The smallest absolute Gasteiger partial charge is 0.323 e. The summed E-state index contributed by atoms with van der Waals surface area (Å²) in [7, 11) is 0. The summed E-state index contributed by atoms with van der Waals surface area (Å²) in [4.78, 5) is 44.1. The molecular formula is C25H33N5O3S. The predicted molar refractivity (Wildman–Crippen MR) is 133 cm³/mol. The van der Waals surface area contributed by atoms with Crippen molar-refractivity contribution in [3.63, 3.8) is 0 Å². The van der Waals surface area contributed by atoms with Gasteiger partial charge in [-0.05, 0) is 68.2 Å². The van der Waals surface area contributed by atoms with Gasteiger partial charge in [-0.2, -0.15) is 0 Å². The van der Waals surface area contributed by atoms with E-state index in [1.54, 1.807) is 4.90 Å². The van der Waals surface area contributed by atoms with Crippen molar-refractivity contribution >= 4 is 34.9 Å². The molecule has 0 bridgehead atoms. The lowest BCUT2D eigenvalue weighted by Crippen LogP contribution is -2.65. The zero-order valence-electron chi connectivity index (χ0n) is 19.5. The van der Waals surface area contributed by atoms with E-state index in [4.69, 9.17) is 5.73 Å². The van der Waals surface area contributed by atoms with Gasteiger partial charge in [-0.15, -0.1) is 11.3 Å². The second kappa shape index (κ2) is 11.0. The lowest BCUT2D eigenvalue weighted by Gasteiger charge is -2.43. The molecule has 182 valence electrons. The molecule has 4 rings (SSSR count). The lowest BCUT2D eigenvalue weighted by molar-refractivity contribution is -0.148. The number of rotatable bonds is 5. The average Bonchev–Trinajstić information content (AvgIpc) is 3.33. The first-order valence-electron chi connectivity index (χ1n) is 11.9. The van der Waals surface area contributed by atoms with E-state index >= 15 is 0 Å².